The predicted molar refractivity (Wildman–Crippen MR) is 130 cm³/mol. The number of amides is 2. The number of para-hydroxylation sites is 1. The number of hydrogen-bond acceptors (Lipinski definition) is 5. The van der Waals surface area contributed by atoms with E-state index in [2.05, 4.69) is 4.72 Å². The van der Waals surface area contributed by atoms with E-state index in [-0.39, 0.29) is 12.2 Å². The summed E-state index contributed by atoms with van der Waals surface area (Å²) < 4.78 is 27.4. The lowest BCUT2D eigenvalue weighted by Gasteiger charge is -2.26. The van der Waals surface area contributed by atoms with Gasteiger partial charge in [-0.3, -0.25) is 14.3 Å². The number of nitrogens with one attached hydrogen (secondary N) is 1. The second-order valence-corrected chi connectivity index (χ2v) is 9.35. The third kappa shape index (κ3) is 6.66. The van der Waals surface area contributed by atoms with Crippen molar-refractivity contribution in [3.63, 3.8) is 0 Å². The second kappa shape index (κ2) is 10.8. The summed E-state index contributed by atoms with van der Waals surface area (Å²) in [6, 6.07) is 24.3. The largest absolute Gasteiger partial charge is 0.399 e. The van der Waals surface area contributed by atoms with E-state index in [4.69, 9.17) is 5.73 Å². The van der Waals surface area contributed by atoms with Crippen LogP contribution in [-0.4, -0.2) is 26.8 Å². The molecule has 0 aliphatic rings. The molecular formula is C25H27N3O4S. The number of rotatable bonds is 9. The molecule has 1 unspecified atom stereocenters. The number of sulfonamides is 1. The van der Waals surface area contributed by atoms with Crippen molar-refractivity contribution < 1.29 is 18.0 Å². The first kappa shape index (κ1) is 24.0. The van der Waals surface area contributed by atoms with E-state index >= 15 is 0 Å². The highest BCUT2D eigenvalue weighted by Gasteiger charge is 2.33. The third-order valence-electron chi connectivity index (χ3n) is 5.14. The van der Waals surface area contributed by atoms with Gasteiger partial charge in [-0.25, -0.2) is 8.42 Å². The highest BCUT2D eigenvalue weighted by Crippen LogP contribution is 2.20. The zero-order valence-electron chi connectivity index (χ0n) is 18.3. The molecule has 7 nitrogen and oxygen atoms in total. The summed E-state index contributed by atoms with van der Waals surface area (Å²) in [7, 11) is -4.00. The summed E-state index contributed by atoms with van der Waals surface area (Å²) >= 11 is 0. The van der Waals surface area contributed by atoms with Gasteiger partial charge < -0.3 is 10.6 Å². The fraction of sp³-hybridized carbons (Fsp3) is 0.200. The minimum atomic E-state index is -4.00. The lowest BCUT2D eigenvalue weighted by Crippen LogP contribution is -2.46. The number of nitrogens with two attached hydrogens (primary N) is 1. The molecule has 0 saturated heterocycles. The van der Waals surface area contributed by atoms with Gasteiger partial charge in [0.2, 0.25) is 21.8 Å². The summed E-state index contributed by atoms with van der Waals surface area (Å²) in [6.07, 6.45) is 0.0368. The quantitative estimate of drug-likeness (QED) is 0.373. The van der Waals surface area contributed by atoms with Gasteiger partial charge in [0.25, 0.3) is 0 Å². The molecule has 33 heavy (non-hydrogen) atoms. The van der Waals surface area contributed by atoms with Crippen molar-refractivity contribution in [2.45, 2.75) is 19.1 Å². The molecule has 3 aromatic carbocycles. The van der Waals surface area contributed by atoms with Crippen molar-refractivity contribution in [3.05, 3.63) is 96.1 Å². The summed E-state index contributed by atoms with van der Waals surface area (Å²) in [5.74, 6) is -2.94. The molecule has 0 aromatic heterocycles. The van der Waals surface area contributed by atoms with Crippen molar-refractivity contribution in [3.8, 4) is 0 Å². The Balaban J connectivity index is 1.87. The molecule has 0 fully saturated rings. The van der Waals surface area contributed by atoms with Crippen molar-refractivity contribution in [2.75, 3.05) is 17.2 Å². The predicted octanol–water partition coefficient (Wildman–Crippen LogP) is 3.13. The Hall–Kier alpha value is -3.65. The van der Waals surface area contributed by atoms with Gasteiger partial charge in [0.1, 0.15) is 5.92 Å². The molecule has 1 atom stereocenters. The van der Waals surface area contributed by atoms with E-state index in [1.54, 1.807) is 85.8 Å². The fourth-order valence-electron chi connectivity index (χ4n) is 3.50. The highest BCUT2D eigenvalue weighted by molar-refractivity contribution is 7.89. The maximum atomic E-state index is 13.5. The molecule has 3 aromatic rings. The van der Waals surface area contributed by atoms with Crippen LogP contribution in [0.3, 0.4) is 0 Å². The Bertz CT molecular complexity index is 1180. The van der Waals surface area contributed by atoms with Crippen molar-refractivity contribution >= 4 is 33.2 Å². The lowest BCUT2D eigenvalue weighted by molar-refractivity contribution is -0.132. The summed E-state index contributed by atoms with van der Waals surface area (Å²) in [5, 5.41) is 0. The van der Waals surface area contributed by atoms with Crippen LogP contribution in [0, 0.1) is 5.92 Å². The molecule has 0 saturated carbocycles. The Labute approximate surface area is 194 Å². The van der Waals surface area contributed by atoms with Gasteiger partial charge >= 0.3 is 0 Å². The Morgan fingerprint density at radius 2 is 1.45 bits per heavy atom. The molecular weight excluding hydrogens is 438 g/mol. The smallest absolute Gasteiger partial charge is 0.246 e. The van der Waals surface area contributed by atoms with Crippen LogP contribution < -0.4 is 15.4 Å². The maximum Gasteiger partial charge on any atom is 0.246 e. The Morgan fingerprint density at radius 3 is 2.03 bits per heavy atom. The number of carbonyl (C=O) groups is 2. The van der Waals surface area contributed by atoms with Crippen molar-refractivity contribution in [1.82, 2.24) is 4.72 Å². The third-order valence-corrected chi connectivity index (χ3v) is 6.37. The van der Waals surface area contributed by atoms with Gasteiger partial charge in [-0.2, -0.15) is 0 Å². The van der Waals surface area contributed by atoms with E-state index in [9.17, 15) is 18.0 Å². The van der Waals surface area contributed by atoms with Crippen LogP contribution in [-0.2, 0) is 31.8 Å². The minimum Gasteiger partial charge on any atom is -0.399 e. The fourth-order valence-corrected chi connectivity index (χ4v) is 4.65. The first-order chi connectivity index (χ1) is 15.8. The van der Waals surface area contributed by atoms with E-state index in [1.165, 1.54) is 4.90 Å². The van der Waals surface area contributed by atoms with Crippen LogP contribution in [0.1, 0.15) is 18.1 Å². The van der Waals surface area contributed by atoms with Crippen LogP contribution in [0.4, 0.5) is 11.4 Å². The molecule has 0 aliphatic heterocycles. The number of anilines is 2. The van der Waals surface area contributed by atoms with Gasteiger partial charge in [0, 0.05) is 17.9 Å². The zero-order chi connectivity index (χ0) is 23.8. The number of carbonyl (C=O) groups excluding carboxylic acids is 2. The average molecular weight is 466 g/mol. The number of nitrogens with zero attached hydrogens (tertiary/aromatic N) is 1. The standard InChI is InChI=1S/C25H27N3O4S/c1-2-28(22-11-7-4-8-12-22)25(30)23(17-19-13-15-21(26)16-14-19)24(29)27-33(31,32)18-20-9-5-3-6-10-20/h3-16,23H,2,17-18,26H2,1H3,(H,27,29). The lowest BCUT2D eigenvalue weighted by atomic mass is 9.96. The molecule has 172 valence electrons. The van der Waals surface area contributed by atoms with E-state index < -0.39 is 27.8 Å². The maximum absolute atomic E-state index is 13.5. The van der Waals surface area contributed by atoms with Gasteiger partial charge in [-0.05, 0) is 48.7 Å². The SMILES string of the molecule is CCN(C(=O)C(Cc1ccc(N)cc1)C(=O)NS(=O)(=O)Cc1ccccc1)c1ccccc1. The monoisotopic (exact) mass is 465 g/mol. The Morgan fingerprint density at radius 1 is 0.879 bits per heavy atom. The second-order valence-electron chi connectivity index (χ2n) is 7.63. The highest BCUT2D eigenvalue weighted by atomic mass is 32.2. The molecule has 0 bridgehead atoms. The molecule has 0 heterocycles. The van der Waals surface area contributed by atoms with Gasteiger partial charge in [-0.15, -0.1) is 0 Å². The molecule has 3 rings (SSSR count). The average Bonchev–Trinajstić information content (AvgIpc) is 2.79. The summed E-state index contributed by atoms with van der Waals surface area (Å²) in [6.45, 7) is 2.13. The van der Waals surface area contributed by atoms with Crippen LogP contribution in [0.15, 0.2) is 84.9 Å². The zero-order valence-corrected chi connectivity index (χ0v) is 19.2. The number of hydrogen-bond donors (Lipinski definition) is 2. The first-order valence-corrected chi connectivity index (χ1v) is 12.2. The van der Waals surface area contributed by atoms with E-state index in [1.807, 2.05) is 6.07 Å². The normalized spacial score (nSPS) is 12.0. The molecule has 2 amide bonds. The molecule has 0 spiro atoms. The van der Waals surface area contributed by atoms with Gasteiger partial charge in [0.15, 0.2) is 0 Å². The molecule has 0 radical (unpaired) electrons. The Kier molecular flexibility index (Phi) is 7.84. The molecule has 0 aliphatic carbocycles. The van der Waals surface area contributed by atoms with Crippen LogP contribution in [0.2, 0.25) is 0 Å². The number of benzene rings is 3. The van der Waals surface area contributed by atoms with Crippen LogP contribution in [0.25, 0.3) is 0 Å². The van der Waals surface area contributed by atoms with Crippen LogP contribution in [0.5, 0.6) is 0 Å². The van der Waals surface area contributed by atoms with E-state index in [0.717, 1.165) is 0 Å². The van der Waals surface area contributed by atoms with E-state index in [0.29, 0.717) is 29.0 Å². The topological polar surface area (TPSA) is 110 Å². The summed E-state index contributed by atoms with van der Waals surface area (Å²) in [4.78, 5) is 28.1. The van der Waals surface area contributed by atoms with Gasteiger partial charge in [-0.1, -0.05) is 60.7 Å². The number of nitrogen functional groups attached to an aromatic ring is 1. The first-order valence-electron chi connectivity index (χ1n) is 10.6. The van der Waals surface area contributed by atoms with Crippen molar-refractivity contribution in [1.29, 1.82) is 0 Å². The van der Waals surface area contributed by atoms with Crippen molar-refractivity contribution in [2.24, 2.45) is 5.92 Å². The minimum absolute atomic E-state index is 0.0368. The molecule has 3 N–H and O–H groups in total. The van der Waals surface area contributed by atoms with Gasteiger partial charge in [0.05, 0.1) is 5.75 Å². The van der Waals surface area contributed by atoms with Crippen LogP contribution >= 0.6 is 0 Å². The molecule has 8 heteroatoms. The summed E-state index contributed by atoms with van der Waals surface area (Å²) in [5.41, 5.74) is 8.17.